The minimum atomic E-state index is -1.15. The Labute approximate surface area is 106 Å². The summed E-state index contributed by atoms with van der Waals surface area (Å²) in [5.41, 5.74) is 4.09. The van der Waals surface area contributed by atoms with Crippen LogP contribution in [-0.2, 0) is 0 Å². The van der Waals surface area contributed by atoms with Crippen molar-refractivity contribution < 1.29 is 18.0 Å². The molecule has 3 N–H and O–H groups in total. The highest BCUT2D eigenvalue weighted by molar-refractivity contribution is 6.04. The minimum Gasteiger partial charge on any atom is -0.396 e. The molecule has 0 aliphatic heterocycles. The zero-order valence-electron chi connectivity index (χ0n) is 9.45. The lowest BCUT2D eigenvalue weighted by molar-refractivity contribution is 0.101. The average Bonchev–Trinajstić information content (AvgIpc) is 2.37. The van der Waals surface area contributed by atoms with Gasteiger partial charge in [0.05, 0.1) is 11.9 Å². The molecule has 1 aromatic heterocycles. The van der Waals surface area contributed by atoms with E-state index in [1.807, 2.05) is 0 Å². The van der Waals surface area contributed by atoms with Gasteiger partial charge in [0.2, 0.25) is 0 Å². The summed E-state index contributed by atoms with van der Waals surface area (Å²) in [6, 6.07) is 4.10. The Kier molecular flexibility index (Phi) is 3.37. The van der Waals surface area contributed by atoms with Gasteiger partial charge in [-0.25, -0.2) is 18.2 Å². The molecule has 7 heteroatoms. The van der Waals surface area contributed by atoms with Crippen LogP contribution in [0.2, 0.25) is 0 Å². The Hall–Kier alpha value is -2.57. The molecule has 1 aromatic carbocycles. The van der Waals surface area contributed by atoms with E-state index in [4.69, 9.17) is 5.73 Å². The number of nitrogens with two attached hydrogens (primary N) is 1. The van der Waals surface area contributed by atoms with Crippen LogP contribution in [0, 0.1) is 17.5 Å². The fraction of sp³-hybridized carbons (Fsp3) is 0. The highest BCUT2D eigenvalue weighted by Crippen LogP contribution is 2.19. The van der Waals surface area contributed by atoms with Crippen molar-refractivity contribution in [2.45, 2.75) is 0 Å². The number of carbonyl (C=O) groups is 1. The van der Waals surface area contributed by atoms with E-state index in [0.717, 1.165) is 30.5 Å². The first-order valence-electron chi connectivity index (χ1n) is 5.15. The maximum atomic E-state index is 13.6. The quantitative estimate of drug-likeness (QED) is 0.820. The molecule has 2 aromatic rings. The molecule has 0 saturated heterocycles. The maximum Gasteiger partial charge on any atom is 0.262 e. The molecule has 0 saturated carbocycles. The Morgan fingerprint density at radius 2 is 1.89 bits per heavy atom. The molecule has 0 spiro atoms. The van der Waals surface area contributed by atoms with E-state index in [-0.39, 0.29) is 11.5 Å². The van der Waals surface area contributed by atoms with Gasteiger partial charge in [-0.15, -0.1) is 0 Å². The number of amides is 1. The number of rotatable bonds is 2. The SMILES string of the molecule is Nc1ccc(F)c(C(=O)Nc2ccc(F)cn2)c1F. The van der Waals surface area contributed by atoms with Gasteiger partial charge in [0.25, 0.3) is 5.91 Å². The molecule has 0 aliphatic carbocycles. The van der Waals surface area contributed by atoms with Crippen molar-refractivity contribution in [3.8, 4) is 0 Å². The van der Waals surface area contributed by atoms with Crippen LogP contribution in [0.25, 0.3) is 0 Å². The third kappa shape index (κ3) is 2.65. The standard InChI is InChI=1S/C12H8F3N3O/c13-6-1-4-9(17-5-6)18-12(19)10-7(14)2-3-8(16)11(10)15/h1-5H,16H2,(H,17,18,19). The first-order chi connectivity index (χ1) is 8.99. The van der Waals surface area contributed by atoms with Crippen molar-refractivity contribution in [3.63, 3.8) is 0 Å². The smallest absolute Gasteiger partial charge is 0.262 e. The zero-order valence-corrected chi connectivity index (χ0v) is 9.45. The molecular formula is C12H8F3N3O. The van der Waals surface area contributed by atoms with Crippen molar-refractivity contribution in [3.05, 3.63) is 53.5 Å². The normalized spacial score (nSPS) is 10.3. The van der Waals surface area contributed by atoms with Crippen LogP contribution in [0.1, 0.15) is 10.4 Å². The predicted octanol–water partition coefficient (Wildman–Crippen LogP) is 2.33. The van der Waals surface area contributed by atoms with Gasteiger partial charge in [0.1, 0.15) is 23.0 Å². The second-order valence-corrected chi connectivity index (χ2v) is 3.64. The first kappa shape index (κ1) is 12.9. The first-order valence-corrected chi connectivity index (χ1v) is 5.15. The second kappa shape index (κ2) is 4.97. The zero-order chi connectivity index (χ0) is 14.0. The molecular weight excluding hydrogens is 259 g/mol. The lowest BCUT2D eigenvalue weighted by Gasteiger charge is -2.07. The van der Waals surface area contributed by atoms with Gasteiger partial charge in [-0.2, -0.15) is 0 Å². The van der Waals surface area contributed by atoms with E-state index in [1.54, 1.807) is 0 Å². The van der Waals surface area contributed by atoms with Crippen LogP contribution >= 0.6 is 0 Å². The molecule has 2 rings (SSSR count). The van der Waals surface area contributed by atoms with Gasteiger partial charge in [-0.3, -0.25) is 4.79 Å². The fourth-order valence-electron chi connectivity index (χ4n) is 1.41. The van der Waals surface area contributed by atoms with Crippen LogP contribution in [0.3, 0.4) is 0 Å². The van der Waals surface area contributed by atoms with E-state index in [0.29, 0.717) is 0 Å². The van der Waals surface area contributed by atoms with Crippen molar-refractivity contribution in [1.29, 1.82) is 0 Å². The van der Waals surface area contributed by atoms with Gasteiger partial charge >= 0.3 is 0 Å². The van der Waals surface area contributed by atoms with Crippen LogP contribution in [0.4, 0.5) is 24.7 Å². The molecule has 1 amide bonds. The van der Waals surface area contributed by atoms with Crippen LogP contribution in [0.15, 0.2) is 30.5 Å². The summed E-state index contributed by atoms with van der Waals surface area (Å²) in [4.78, 5) is 15.3. The molecule has 1 heterocycles. The molecule has 98 valence electrons. The Morgan fingerprint density at radius 1 is 1.16 bits per heavy atom. The topological polar surface area (TPSA) is 68.0 Å². The summed E-state index contributed by atoms with van der Waals surface area (Å²) >= 11 is 0. The number of carbonyl (C=O) groups excluding carboxylic acids is 1. The number of anilines is 2. The number of pyridine rings is 1. The van der Waals surface area contributed by atoms with Crippen LogP contribution in [-0.4, -0.2) is 10.9 Å². The second-order valence-electron chi connectivity index (χ2n) is 3.64. The number of nitrogen functional groups attached to an aromatic ring is 1. The van der Waals surface area contributed by atoms with Gasteiger partial charge < -0.3 is 11.1 Å². The molecule has 4 nitrogen and oxygen atoms in total. The summed E-state index contributed by atoms with van der Waals surface area (Å²) < 4.78 is 39.6. The Balaban J connectivity index is 2.30. The van der Waals surface area contributed by atoms with E-state index < -0.39 is 28.9 Å². The summed E-state index contributed by atoms with van der Waals surface area (Å²) in [6.07, 6.45) is 0.863. The molecule has 0 atom stereocenters. The van der Waals surface area contributed by atoms with E-state index in [1.165, 1.54) is 0 Å². The van der Waals surface area contributed by atoms with E-state index >= 15 is 0 Å². The van der Waals surface area contributed by atoms with E-state index in [9.17, 15) is 18.0 Å². The number of benzene rings is 1. The Morgan fingerprint density at radius 3 is 2.53 bits per heavy atom. The van der Waals surface area contributed by atoms with Crippen molar-refractivity contribution in [2.75, 3.05) is 11.1 Å². The van der Waals surface area contributed by atoms with Crippen molar-refractivity contribution >= 4 is 17.4 Å². The number of hydrogen-bond acceptors (Lipinski definition) is 3. The number of nitrogens with zero attached hydrogens (tertiary/aromatic N) is 1. The fourth-order valence-corrected chi connectivity index (χ4v) is 1.41. The van der Waals surface area contributed by atoms with Crippen molar-refractivity contribution in [1.82, 2.24) is 4.98 Å². The lowest BCUT2D eigenvalue weighted by atomic mass is 10.1. The highest BCUT2D eigenvalue weighted by atomic mass is 19.1. The summed E-state index contributed by atoms with van der Waals surface area (Å²) in [6.45, 7) is 0. The number of hydrogen-bond donors (Lipinski definition) is 2. The lowest BCUT2D eigenvalue weighted by Crippen LogP contribution is -2.17. The van der Waals surface area contributed by atoms with Crippen LogP contribution in [0.5, 0.6) is 0 Å². The molecule has 0 aliphatic rings. The molecule has 19 heavy (non-hydrogen) atoms. The molecule has 0 unspecified atom stereocenters. The number of nitrogens with one attached hydrogen (secondary N) is 1. The van der Waals surface area contributed by atoms with Gasteiger partial charge in [-0.05, 0) is 24.3 Å². The monoisotopic (exact) mass is 267 g/mol. The average molecular weight is 267 g/mol. The molecule has 0 radical (unpaired) electrons. The van der Waals surface area contributed by atoms with Gasteiger partial charge in [0, 0.05) is 0 Å². The third-order valence-corrected chi connectivity index (χ3v) is 2.32. The van der Waals surface area contributed by atoms with Gasteiger partial charge in [-0.1, -0.05) is 0 Å². The summed E-state index contributed by atoms with van der Waals surface area (Å²) in [5, 5.41) is 2.14. The minimum absolute atomic E-state index is 0.0346. The predicted molar refractivity (Wildman–Crippen MR) is 62.9 cm³/mol. The maximum absolute atomic E-state index is 13.6. The number of aromatic nitrogens is 1. The summed E-state index contributed by atoms with van der Waals surface area (Å²) in [7, 11) is 0. The number of halogens is 3. The molecule has 0 fully saturated rings. The summed E-state index contributed by atoms with van der Waals surface area (Å²) in [5.74, 6) is -3.89. The third-order valence-electron chi connectivity index (χ3n) is 2.32. The Bertz CT molecular complexity index is 629. The van der Waals surface area contributed by atoms with E-state index in [2.05, 4.69) is 10.3 Å². The highest BCUT2D eigenvalue weighted by Gasteiger charge is 2.19. The van der Waals surface area contributed by atoms with Crippen molar-refractivity contribution in [2.24, 2.45) is 0 Å². The molecule has 0 bridgehead atoms. The van der Waals surface area contributed by atoms with Gasteiger partial charge in [0.15, 0.2) is 5.82 Å². The van der Waals surface area contributed by atoms with Crippen LogP contribution < -0.4 is 11.1 Å². The largest absolute Gasteiger partial charge is 0.396 e.